The van der Waals surface area contributed by atoms with Crippen LogP contribution in [0.25, 0.3) is 0 Å². The highest BCUT2D eigenvalue weighted by Crippen LogP contribution is 2.47. The molecule has 0 saturated heterocycles. The predicted molar refractivity (Wildman–Crippen MR) is 113 cm³/mol. The van der Waals surface area contributed by atoms with Crippen LogP contribution in [0.1, 0.15) is 42.9 Å². The molecule has 25 heavy (non-hydrogen) atoms. The van der Waals surface area contributed by atoms with E-state index in [9.17, 15) is 0 Å². The lowest BCUT2D eigenvalue weighted by molar-refractivity contribution is 0.513. The molecule has 0 aliphatic carbocycles. The molecule has 0 aromatic heterocycles. The molecule has 0 heterocycles. The molecule has 3 aromatic carbocycles. The third-order valence-electron chi connectivity index (χ3n) is 4.90. The molecule has 0 aliphatic rings. The normalized spacial score (nSPS) is 11.5. The van der Waals surface area contributed by atoms with Gasteiger partial charge in [0.1, 0.15) is 0 Å². The van der Waals surface area contributed by atoms with Crippen LogP contribution in [0.3, 0.4) is 0 Å². The second kappa shape index (κ2) is 8.16. The van der Waals surface area contributed by atoms with Gasteiger partial charge in [0.05, 0.1) is 0 Å². The van der Waals surface area contributed by atoms with Gasteiger partial charge in [0.15, 0.2) is 0 Å². The minimum Gasteiger partial charge on any atom is -0.143 e. The largest absolute Gasteiger partial charge is 0.143 e. The number of hydrogen-bond acceptors (Lipinski definition) is 2. The molecule has 0 bridgehead atoms. The van der Waals surface area contributed by atoms with Crippen LogP contribution < -0.4 is 0 Å². The van der Waals surface area contributed by atoms with Crippen molar-refractivity contribution >= 4 is 25.3 Å². The van der Waals surface area contributed by atoms with Crippen LogP contribution in [-0.4, -0.2) is 0 Å². The summed E-state index contributed by atoms with van der Waals surface area (Å²) in [6.07, 6.45) is 3.32. The molecule has 0 fully saturated rings. The zero-order chi connectivity index (χ0) is 17.7. The standard InChI is InChI=1S/C23H24S2/c1-2-3-17-23(18-11-5-4-6-12-18,19-13-7-9-15-21(19)24)20-14-8-10-16-22(20)25/h4-16,24-25H,2-3,17H2,1H3. The van der Waals surface area contributed by atoms with E-state index in [4.69, 9.17) is 25.3 Å². The maximum absolute atomic E-state index is 4.82. The van der Waals surface area contributed by atoms with Gasteiger partial charge in [0.25, 0.3) is 0 Å². The van der Waals surface area contributed by atoms with Crippen LogP contribution in [0.4, 0.5) is 0 Å². The highest BCUT2D eigenvalue weighted by atomic mass is 32.1. The van der Waals surface area contributed by atoms with Crippen molar-refractivity contribution < 1.29 is 0 Å². The van der Waals surface area contributed by atoms with E-state index in [1.54, 1.807) is 0 Å². The molecule has 0 atom stereocenters. The molecule has 0 N–H and O–H groups in total. The topological polar surface area (TPSA) is 0 Å². The summed E-state index contributed by atoms with van der Waals surface area (Å²) < 4.78 is 0. The lowest BCUT2D eigenvalue weighted by Crippen LogP contribution is -2.30. The molecular weight excluding hydrogens is 340 g/mol. The third kappa shape index (κ3) is 3.51. The van der Waals surface area contributed by atoms with Gasteiger partial charge in [0.2, 0.25) is 0 Å². The fourth-order valence-corrected chi connectivity index (χ4v) is 4.41. The van der Waals surface area contributed by atoms with Crippen LogP contribution in [0.5, 0.6) is 0 Å². The second-order valence-electron chi connectivity index (χ2n) is 6.41. The Bertz CT molecular complexity index is 779. The van der Waals surface area contributed by atoms with E-state index in [2.05, 4.69) is 73.7 Å². The smallest absolute Gasteiger partial charge is 0.0473 e. The molecule has 0 amide bonds. The van der Waals surface area contributed by atoms with Crippen molar-refractivity contribution in [3.8, 4) is 0 Å². The predicted octanol–water partition coefficient (Wildman–Crippen LogP) is 6.79. The molecule has 0 unspecified atom stereocenters. The van der Waals surface area contributed by atoms with E-state index < -0.39 is 0 Å². The van der Waals surface area contributed by atoms with Gasteiger partial charge < -0.3 is 0 Å². The summed E-state index contributed by atoms with van der Waals surface area (Å²) in [5.74, 6) is 0. The van der Waals surface area contributed by atoms with E-state index in [0.29, 0.717) is 0 Å². The Morgan fingerprint density at radius 3 is 1.64 bits per heavy atom. The first kappa shape index (κ1) is 18.2. The Labute approximate surface area is 162 Å². The highest BCUT2D eigenvalue weighted by molar-refractivity contribution is 7.80. The summed E-state index contributed by atoms with van der Waals surface area (Å²) in [7, 11) is 0. The first-order valence-corrected chi connectivity index (χ1v) is 9.72. The average molecular weight is 365 g/mol. The van der Waals surface area contributed by atoms with Gasteiger partial charge in [-0.25, -0.2) is 0 Å². The fourth-order valence-electron chi connectivity index (χ4n) is 3.70. The molecule has 0 radical (unpaired) electrons. The maximum atomic E-state index is 4.82. The van der Waals surface area contributed by atoms with Crippen molar-refractivity contribution in [2.75, 3.05) is 0 Å². The van der Waals surface area contributed by atoms with Gasteiger partial charge in [-0.3, -0.25) is 0 Å². The van der Waals surface area contributed by atoms with Crippen molar-refractivity contribution in [3.63, 3.8) is 0 Å². The molecule has 3 aromatic rings. The van der Waals surface area contributed by atoms with Gasteiger partial charge in [-0.2, -0.15) is 0 Å². The Hall–Kier alpha value is -1.64. The quantitative estimate of drug-likeness (QED) is 0.349. The van der Waals surface area contributed by atoms with Gasteiger partial charge in [-0.15, -0.1) is 25.3 Å². The lowest BCUT2D eigenvalue weighted by atomic mass is 9.66. The maximum Gasteiger partial charge on any atom is 0.0473 e. The summed E-state index contributed by atoms with van der Waals surface area (Å²) in [4.78, 5) is 2.05. The van der Waals surface area contributed by atoms with Crippen molar-refractivity contribution in [2.45, 2.75) is 41.4 Å². The molecule has 0 saturated carbocycles. The van der Waals surface area contributed by atoms with Gasteiger partial charge in [-0.05, 0) is 35.2 Å². The van der Waals surface area contributed by atoms with Crippen LogP contribution >= 0.6 is 25.3 Å². The minimum absolute atomic E-state index is 0.242. The average Bonchev–Trinajstić information content (AvgIpc) is 2.65. The Morgan fingerprint density at radius 1 is 0.680 bits per heavy atom. The van der Waals surface area contributed by atoms with Crippen LogP contribution in [0.15, 0.2) is 88.7 Å². The zero-order valence-corrected chi connectivity index (χ0v) is 16.3. The molecule has 3 rings (SSSR count). The summed E-state index contributed by atoms with van der Waals surface area (Å²) in [6.45, 7) is 2.24. The number of benzene rings is 3. The number of unbranched alkanes of at least 4 members (excludes halogenated alkanes) is 1. The van der Waals surface area contributed by atoms with Gasteiger partial charge >= 0.3 is 0 Å². The summed E-state index contributed by atoms with van der Waals surface area (Å²) >= 11 is 9.65. The Morgan fingerprint density at radius 2 is 1.16 bits per heavy atom. The minimum atomic E-state index is -0.242. The van der Waals surface area contributed by atoms with E-state index in [1.165, 1.54) is 16.7 Å². The molecule has 0 spiro atoms. The van der Waals surface area contributed by atoms with E-state index in [-0.39, 0.29) is 5.41 Å². The monoisotopic (exact) mass is 364 g/mol. The highest BCUT2D eigenvalue weighted by Gasteiger charge is 2.38. The molecule has 2 heteroatoms. The van der Waals surface area contributed by atoms with E-state index in [0.717, 1.165) is 29.1 Å². The summed E-state index contributed by atoms with van der Waals surface area (Å²) in [5, 5.41) is 0. The Kier molecular flexibility index (Phi) is 5.93. The number of rotatable bonds is 6. The summed E-state index contributed by atoms with van der Waals surface area (Å²) in [5.41, 5.74) is 3.55. The first-order valence-electron chi connectivity index (χ1n) is 8.82. The van der Waals surface area contributed by atoms with Gasteiger partial charge in [0, 0.05) is 15.2 Å². The number of thiol groups is 2. The lowest BCUT2D eigenvalue weighted by Gasteiger charge is -2.38. The zero-order valence-electron chi connectivity index (χ0n) is 14.5. The van der Waals surface area contributed by atoms with E-state index >= 15 is 0 Å². The van der Waals surface area contributed by atoms with Crippen LogP contribution in [-0.2, 0) is 5.41 Å². The van der Waals surface area contributed by atoms with Gasteiger partial charge in [-0.1, -0.05) is 86.5 Å². The third-order valence-corrected chi connectivity index (χ3v) is 5.68. The van der Waals surface area contributed by atoms with Crippen LogP contribution in [0, 0.1) is 0 Å². The van der Waals surface area contributed by atoms with Crippen molar-refractivity contribution in [1.29, 1.82) is 0 Å². The summed E-state index contributed by atoms with van der Waals surface area (Å²) in [6, 6.07) is 27.7. The van der Waals surface area contributed by atoms with E-state index in [1.807, 2.05) is 12.1 Å². The van der Waals surface area contributed by atoms with Crippen molar-refractivity contribution in [1.82, 2.24) is 0 Å². The Balaban J connectivity index is 2.36. The number of hydrogen-bond donors (Lipinski definition) is 2. The van der Waals surface area contributed by atoms with Crippen molar-refractivity contribution in [2.24, 2.45) is 0 Å². The second-order valence-corrected chi connectivity index (χ2v) is 7.37. The SMILES string of the molecule is CCCCC(c1ccccc1)(c1ccccc1S)c1ccccc1S. The molecule has 0 nitrogen and oxygen atoms in total. The molecular formula is C23H24S2. The fraction of sp³-hybridized carbons (Fsp3) is 0.217. The molecule has 128 valence electrons. The van der Waals surface area contributed by atoms with Crippen molar-refractivity contribution in [3.05, 3.63) is 95.6 Å². The molecule has 0 aliphatic heterocycles. The first-order chi connectivity index (χ1) is 12.2. The van der Waals surface area contributed by atoms with Crippen LogP contribution in [0.2, 0.25) is 0 Å².